The molecule has 2 aliphatic heterocycles. The molecule has 0 N–H and O–H groups in total. The summed E-state index contributed by atoms with van der Waals surface area (Å²) in [5.41, 5.74) is 0.894. The van der Waals surface area contributed by atoms with Crippen LogP contribution in [0.5, 0.6) is 17.2 Å². The number of halogens is 1. The molecule has 2 aromatic carbocycles. The predicted molar refractivity (Wildman–Crippen MR) is 115 cm³/mol. The Hall–Kier alpha value is -2.36. The summed E-state index contributed by atoms with van der Waals surface area (Å²) in [6.45, 7) is 0.770. The number of sulfone groups is 1. The SMILES string of the molecule is O=c1c(Oc2ccccc2Br)coc2c3c(ccc12)OCN(C1CCS(=O)(=O)C1)C3. The average Bonchev–Trinajstić information content (AvgIpc) is 3.10. The summed E-state index contributed by atoms with van der Waals surface area (Å²) in [5.74, 6) is 1.57. The lowest BCUT2D eigenvalue weighted by Crippen LogP contribution is -2.41. The summed E-state index contributed by atoms with van der Waals surface area (Å²) >= 11 is 3.40. The molecule has 1 atom stereocenters. The van der Waals surface area contributed by atoms with E-state index in [1.54, 1.807) is 18.2 Å². The lowest BCUT2D eigenvalue weighted by Gasteiger charge is -2.33. The Morgan fingerprint density at radius 3 is 2.73 bits per heavy atom. The van der Waals surface area contributed by atoms with Gasteiger partial charge in [-0.3, -0.25) is 9.69 Å². The van der Waals surface area contributed by atoms with Gasteiger partial charge in [0.25, 0.3) is 0 Å². The smallest absolute Gasteiger partial charge is 0.235 e. The number of nitrogens with zero attached hydrogens (tertiary/aromatic N) is 1. The third-order valence-corrected chi connectivity index (χ3v) is 7.90. The van der Waals surface area contributed by atoms with Gasteiger partial charge in [0.1, 0.15) is 30.1 Å². The van der Waals surface area contributed by atoms with E-state index in [0.717, 1.165) is 10.0 Å². The maximum Gasteiger partial charge on any atom is 0.235 e. The van der Waals surface area contributed by atoms with E-state index in [1.165, 1.54) is 6.26 Å². The molecular weight excluding hydrogens is 474 g/mol. The molecule has 2 aliphatic rings. The first kappa shape index (κ1) is 19.6. The van der Waals surface area contributed by atoms with Crippen LogP contribution in [-0.2, 0) is 16.4 Å². The number of benzene rings is 2. The number of fused-ring (bicyclic) bond motifs is 3. The fourth-order valence-corrected chi connectivity index (χ4v) is 6.05. The maximum absolute atomic E-state index is 13.0. The van der Waals surface area contributed by atoms with E-state index in [4.69, 9.17) is 13.9 Å². The number of hydrogen-bond donors (Lipinski definition) is 0. The van der Waals surface area contributed by atoms with Gasteiger partial charge in [-0.15, -0.1) is 0 Å². The largest absolute Gasteiger partial charge is 0.478 e. The number of para-hydroxylation sites is 1. The molecule has 1 fully saturated rings. The third-order valence-electron chi connectivity index (χ3n) is 5.50. The van der Waals surface area contributed by atoms with Gasteiger partial charge in [0.2, 0.25) is 11.2 Å². The van der Waals surface area contributed by atoms with Gasteiger partial charge in [-0.05, 0) is 46.6 Å². The Morgan fingerprint density at radius 1 is 1.13 bits per heavy atom. The van der Waals surface area contributed by atoms with Crippen LogP contribution >= 0.6 is 15.9 Å². The van der Waals surface area contributed by atoms with E-state index in [-0.39, 0.29) is 28.7 Å². The summed E-state index contributed by atoms with van der Waals surface area (Å²) in [5, 5.41) is 0.391. The molecule has 156 valence electrons. The van der Waals surface area contributed by atoms with Crippen molar-refractivity contribution in [1.29, 1.82) is 0 Å². The van der Waals surface area contributed by atoms with Gasteiger partial charge in [0.05, 0.1) is 26.9 Å². The van der Waals surface area contributed by atoms with Crippen molar-refractivity contribution in [3.8, 4) is 17.2 Å². The van der Waals surface area contributed by atoms with Crippen molar-refractivity contribution in [3.05, 3.63) is 62.9 Å². The zero-order valence-corrected chi connectivity index (χ0v) is 18.2. The van der Waals surface area contributed by atoms with Gasteiger partial charge in [-0.2, -0.15) is 0 Å². The highest BCUT2D eigenvalue weighted by atomic mass is 79.9. The Labute approximate surface area is 181 Å². The van der Waals surface area contributed by atoms with Gasteiger partial charge in [-0.25, -0.2) is 8.42 Å². The quantitative estimate of drug-likeness (QED) is 0.552. The van der Waals surface area contributed by atoms with Crippen molar-refractivity contribution in [1.82, 2.24) is 4.90 Å². The number of ether oxygens (including phenoxy) is 2. The highest BCUT2D eigenvalue weighted by Crippen LogP contribution is 2.35. The summed E-state index contributed by atoms with van der Waals surface area (Å²) in [4.78, 5) is 15.0. The van der Waals surface area contributed by atoms with Crippen LogP contribution in [0.4, 0.5) is 0 Å². The molecule has 30 heavy (non-hydrogen) atoms. The lowest BCUT2D eigenvalue weighted by molar-refractivity contribution is 0.0649. The van der Waals surface area contributed by atoms with E-state index in [0.29, 0.717) is 42.2 Å². The van der Waals surface area contributed by atoms with E-state index in [9.17, 15) is 13.2 Å². The highest BCUT2D eigenvalue weighted by molar-refractivity contribution is 9.10. The maximum atomic E-state index is 13.0. The molecular formula is C21H18BrNO6S. The molecule has 0 amide bonds. The fourth-order valence-electron chi connectivity index (χ4n) is 3.92. The van der Waals surface area contributed by atoms with Crippen molar-refractivity contribution < 1.29 is 22.3 Å². The molecule has 0 spiro atoms. The second-order valence-electron chi connectivity index (χ2n) is 7.46. The lowest BCUT2D eigenvalue weighted by atomic mass is 10.1. The van der Waals surface area contributed by atoms with Gasteiger partial charge in [-0.1, -0.05) is 12.1 Å². The van der Waals surface area contributed by atoms with Crippen molar-refractivity contribution in [2.45, 2.75) is 19.0 Å². The molecule has 9 heteroatoms. The minimum atomic E-state index is -3.00. The standard InChI is InChI=1S/C21H18BrNO6S/c22-16-3-1-2-4-18(16)29-19-10-27-21-14(20(19)24)5-6-17-15(21)9-23(12-28-17)13-7-8-30(25,26)11-13/h1-6,10,13H,7-9,11-12H2. The van der Waals surface area contributed by atoms with Gasteiger partial charge in [0.15, 0.2) is 9.84 Å². The van der Waals surface area contributed by atoms with Crippen LogP contribution in [-0.4, -0.2) is 37.6 Å². The van der Waals surface area contributed by atoms with Crippen molar-refractivity contribution in [3.63, 3.8) is 0 Å². The van der Waals surface area contributed by atoms with Crippen LogP contribution in [0.2, 0.25) is 0 Å². The van der Waals surface area contributed by atoms with E-state index in [1.807, 2.05) is 23.1 Å². The molecule has 3 heterocycles. The van der Waals surface area contributed by atoms with Crippen LogP contribution in [0.25, 0.3) is 11.0 Å². The van der Waals surface area contributed by atoms with E-state index < -0.39 is 9.84 Å². The fraction of sp³-hybridized carbons (Fsp3) is 0.286. The molecule has 7 nitrogen and oxygen atoms in total. The highest BCUT2D eigenvalue weighted by Gasteiger charge is 2.35. The predicted octanol–water partition coefficient (Wildman–Crippen LogP) is 3.69. The first-order chi connectivity index (χ1) is 14.4. The molecule has 1 unspecified atom stereocenters. The van der Waals surface area contributed by atoms with Crippen LogP contribution in [0.15, 0.2) is 56.3 Å². The third kappa shape index (κ3) is 3.51. The summed E-state index contributed by atoms with van der Waals surface area (Å²) in [6, 6.07) is 10.6. The zero-order valence-electron chi connectivity index (χ0n) is 15.8. The second kappa shape index (κ2) is 7.40. The van der Waals surface area contributed by atoms with Crippen molar-refractivity contribution in [2.24, 2.45) is 0 Å². The Balaban J connectivity index is 1.50. The first-order valence-electron chi connectivity index (χ1n) is 9.48. The van der Waals surface area contributed by atoms with E-state index in [2.05, 4.69) is 15.9 Å². The normalized spacial score (nSPS) is 20.6. The molecule has 3 aromatic rings. The topological polar surface area (TPSA) is 86.1 Å². The molecule has 0 saturated carbocycles. The van der Waals surface area contributed by atoms with Crippen LogP contribution in [0.1, 0.15) is 12.0 Å². The van der Waals surface area contributed by atoms with Gasteiger partial charge >= 0.3 is 0 Å². The van der Waals surface area contributed by atoms with Crippen LogP contribution in [0.3, 0.4) is 0 Å². The summed E-state index contributed by atoms with van der Waals surface area (Å²) in [6.07, 6.45) is 1.89. The van der Waals surface area contributed by atoms with Crippen molar-refractivity contribution >= 4 is 36.7 Å². The van der Waals surface area contributed by atoms with E-state index >= 15 is 0 Å². The van der Waals surface area contributed by atoms with Gasteiger partial charge in [0, 0.05) is 12.6 Å². The van der Waals surface area contributed by atoms with Gasteiger partial charge < -0.3 is 13.9 Å². The molecule has 5 rings (SSSR count). The van der Waals surface area contributed by atoms with Crippen LogP contribution < -0.4 is 14.9 Å². The minimum absolute atomic E-state index is 0.0878. The molecule has 1 aromatic heterocycles. The Kier molecular flexibility index (Phi) is 4.83. The summed E-state index contributed by atoms with van der Waals surface area (Å²) < 4.78 is 41.8. The van der Waals surface area contributed by atoms with Crippen LogP contribution in [0, 0.1) is 0 Å². The van der Waals surface area contributed by atoms with Crippen molar-refractivity contribution in [2.75, 3.05) is 18.2 Å². The second-order valence-corrected chi connectivity index (χ2v) is 10.5. The Morgan fingerprint density at radius 2 is 1.97 bits per heavy atom. The Bertz CT molecular complexity index is 1300. The molecule has 0 radical (unpaired) electrons. The number of rotatable bonds is 3. The average molecular weight is 492 g/mol. The summed E-state index contributed by atoms with van der Waals surface area (Å²) in [7, 11) is -3.00. The molecule has 1 saturated heterocycles. The molecule has 0 bridgehead atoms. The zero-order chi connectivity index (χ0) is 20.9. The first-order valence-corrected chi connectivity index (χ1v) is 12.1. The monoisotopic (exact) mass is 491 g/mol. The molecule has 0 aliphatic carbocycles. The number of hydrogen-bond acceptors (Lipinski definition) is 7. The minimum Gasteiger partial charge on any atom is -0.478 e.